The number of anilines is 1. The Kier molecular flexibility index (Phi) is 5.71. The SMILES string of the molecule is CCCn1c(N2CCN(C(=O)c3cccc(F)c3)CC2)nc2sc3c(c2c1=O)CCCC3. The normalized spacial score (nSPS) is 16.4. The molecule has 1 aliphatic heterocycles. The molecule has 1 fully saturated rings. The van der Waals surface area contributed by atoms with E-state index in [9.17, 15) is 14.0 Å². The molecule has 3 heterocycles. The molecule has 1 aliphatic carbocycles. The maximum Gasteiger partial charge on any atom is 0.263 e. The Morgan fingerprint density at radius 3 is 2.69 bits per heavy atom. The number of rotatable bonds is 4. The number of aryl methyl sites for hydroxylation is 2. The van der Waals surface area contributed by atoms with Crippen molar-refractivity contribution in [3.05, 3.63) is 56.4 Å². The van der Waals surface area contributed by atoms with Crippen molar-refractivity contribution in [2.75, 3.05) is 31.1 Å². The van der Waals surface area contributed by atoms with E-state index >= 15 is 0 Å². The van der Waals surface area contributed by atoms with Crippen LogP contribution in [0.4, 0.5) is 10.3 Å². The van der Waals surface area contributed by atoms with Crippen molar-refractivity contribution in [2.24, 2.45) is 0 Å². The van der Waals surface area contributed by atoms with Crippen LogP contribution in [0, 0.1) is 5.82 Å². The van der Waals surface area contributed by atoms with E-state index in [-0.39, 0.29) is 11.5 Å². The Morgan fingerprint density at radius 1 is 1.16 bits per heavy atom. The first kappa shape index (κ1) is 21.1. The van der Waals surface area contributed by atoms with Gasteiger partial charge in [0.15, 0.2) is 0 Å². The predicted molar refractivity (Wildman–Crippen MR) is 125 cm³/mol. The molecule has 1 aromatic carbocycles. The van der Waals surface area contributed by atoms with Gasteiger partial charge >= 0.3 is 0 Å². The molecule has 0 radical (unpaired) electrons. The number of carbonyl (C=O) groups excluding carboxylic acids is 1. The summed E-state index contributed by atoms with van der Waals surface area (Å²) in [7, 11) is 0. The van der Waals surface area contributed by atoms with E-state index in [1.165, 1.54) is 29.0 Å². The molecule has 0 saturated carbocycles. The molecule has 0 spiro atoms. The number of fused-ring (bicyclic) bond motifs is 3. The summed E-state index contributed by atoms with van der Waals surface area (Å²) in [4.78, 5) is 37.3. The van der Waals surface area contributed by atoms with E-state index in [2.05, 4.69) is 11.8 Å². The zero-order valence-corrected chi connectivity index (χ0v) is 19.1. The van der Waals surface area contributed by atoms with Gasteiger partial charge in [0.1, 0.15) is 10.6 Å². The van der Waals surface area contributed by atoms with Gasteiger partial charge in [0, 0.05) is 43.2 Å². The van der Waals surface area contributed by atoms with E-state index in [0.29, 0.717) is 44.2 Å². The molecule has 168 valence electrons. The highest BCUT2D eigenvalue weighted by molar-refractivity contribution is 7.18. The van der Waals surface area contributed by atoms with Gasteiger partial charge in [0.25, 0.3) is 11.5 Å². The summed E-state index contributed by atoms with van der Waals surface area (Å²) in [5, 5.41) is 0.821. The van der Waals surface area contributed by atoms with Gasteiger partial charge in [-0.3, -0.25) is 14.2 Å². The van der Waals surface area contributed by atoms with Crippen LogP contribution < -0.4 is 10.5 Å². The highest BCUT2D eigenvalue weighted by Gasteiger charge is 2.27. The number of hydrogen-bond donors (Lipinski definition) is 0. The van der Waals surface area contributed by atoms with E-state index in [1.807, 2.05) is 4.57 Å². The fourth-order valence-corrected chi connectivity index (χ4v) is 6.05. The summed E-state index contributed by atoms with van der Waals surface area (Å²) in [6, 6.07) is 5.82. The van der Waals surface area contributed by atoms with Gasteiger partial charge in [0.2, 0.25) is 5.95 Å². The Bertz CT molecular complexity index is 1230. The third-order valence-electron chi connectivity index (χ3n) is 6.42. The van der Waals surface area contributed by atoms with Gasteiger partial charge in [-0.2, -0.15) is 0 Å². The average molecular weight is 455 g/mol. The first-order chi connectivity index (χ1) is 15.6. The minimum atomic E-state index is -0.408. The topological polar surface area (TPSA) is 58.4 Å². The smallest absolute Gasteiger partial charge is 0.263 e. The van der Waals surface area contributed by atoms with Crippen LogP contribution in [0.2, 0.25) is 0 Å². The van der Waals surface area contributed by atoms with Crippen LogP contribution in [0.5, 0.6) is 0 Å². The van der Waals surface area contributed by atoms with Crippen LogP contribution >= 0.6 is 11.3 Å². The first-order valence-electron chi connectivity index (χ1n) is 11.4. The Labute approximate surface area is 190 Å². The minimum absolute atomic E-state index is 0.0736. The maximum atomic E-state index is 13.5. The fraction of sp³-hybridized carbons (Fsp3) is 0.458. The van der Waals surface area contributed by atoms with Crippen molar-refractivity contribution in [1.82, 2.24) is 14.5 Å². The van der Waals surface area contributed by atoms with Crippen LogP contribution in [0.15, 0.2) is 29.1 Å². The number of carbonyl (C=O) groups is 1. The van der Waals surface area contributed by atoms with E-state index < -0.39 is 5.82 Å². The van der Waals surface area contributed by atoms with E-state index in [1.54, 1.807) is 28.4 Å². The highest BCUT2D eigenvalue weighted by atomic mass is 32.1. The summed E-state index contributed by atoms with van der Waals surface area (Å²) < 4.78 is 15.4. The second kappa shape index (κ2) is 8.65. The van der Waals surface area contributed by atoms with Gasteiger partial charge < -0.3 is 9.80 Å². The molecule has 3 aromatic rings. The summed E-state index contributed by atoms with van der Waals surface area (Å²) >= 11 is 1.67. The minimum Gasteiger partial charge on any atom is -0.339 e. The van der Waals surface area contributed by atoms with Gasteiger partial charge in [-0.05, 0) is 55.9 Å². The molecule has 1 saturated heterocycles. The third-order valence-corrected chi connectivity index (χ3v) is 7.61. The van der Waals surface area contributed by atoms with Crippen LogP contribution in [-0.4, -0.2) is 46.5 Å². The lowest BCUT2D eigenvalue weighted by molar-refractivity contribution is 0.0745. The standard InChI is InChI=1S/C24H27FN4O2S/c1-2-10-29-23(31)20-18-8-3-4-9-19(18)32-21(20)26-24(29)28-13-11-27(12-14-28)22(30)16-6-5-7-17(25)15-16/h5-7,15H,2-4,8-14H2,1H3. The summed E-state index contributed by atoms with van der Waals surface area (Å²) in [6.45, 7) is 4.90. The second-order valence-electron chi connectivity index (χ2n) is 8.55. The van der Waals surface area contributed by atoms with Crippen molar-refractivity contribution >= 4 is 33.4 Å². The monoisotopic (exact) mass is 454 g/mol. The van der Waals surface area contributed by atoms with E-state index in [4.69, 9.17) is 4.98 Å². The molecule has 0 unspecified atom stereocenters. The number of amides is 1. The molecule has 0 N–H and O–H groups in total. The van der Waals surface area contributed by atoms with E-state index in [0.717, 1.165) is 35.9 Å². The number of halogens is 1. The molecule has 2 aromatic heterocycles. The predicted octanol–water partition coefficient (Wildman–Crippen LogP) is 3.85. The Morgan fingerprint density at radius 2 is 1.94 bits per heavy atom. The van der Waals surface area contributed by atoms with Gasteiger partial charge in [-0.15, -0.1) is 11.3 Å². The lowest BCUT2D eigenvalue weighted by Crippen LogP contribution is -2.50. The number of piperazine rings is 1. The quantitative estimate of drug-likeness (QED) is 0.601. The molecule has 8 heteroatoms. The fourth-order valence-electron chi connectivity index (χ4n) is 4.81. The summed E-state index contributed by atoms with van der Waals surface area (Å²) in [5.74, 6) is 0.138. The van der Waals surface area contributed by atoms with Crippen LogP contribution in [0.3, 0.4) is 0 Å². The van der Waals surface area contributed by atoms with Gasteiger partial charge in [-0.1, -0.05) is 13.0 Å². The third kappa shape index (κ3) is 3.70. The van der Waals surface area contributed by atoms with Crippen molar-refractivity contribution < 1.29 is 9.18 Å². The first-order valence-corrected chi connectivity index (χ1v) is 12.2. The molecule has 5 rings (SSSR count). The van der Waals surface area contributed by atoms with Crippen LogP contribution in [0.25, 0.3) is 10.2 Å². The van der Waals surface area contributed by atoms with Crippen molar-refractivity contribution in [3.63, 3.8) is 0 Å². The Balaban J connectivity index is 1.43. The average Bonchev–Trinajstić information content (AvgIpc) is 3.19. The zero-order chi connectivity index (χ0) is 22.2. The largest absolute Gasteiger partial charge is 0.339 e. The number of thiophene rings is 1. The lowest BCUT2D eigenvalue weighted by Gasteiger charge is -2.36. The lowest BCUT2D eigenvalue weighted by atomic mass is 9.97. The molecular formula is C24H27FN4O2S. The molecule has 2 aliphatic rings. The van der Waals surface area contributed by atoms with Crippen molar-refractivity contribution in [1.29, 1.82) is 0 Å². The number of nitrogens with zero attached hydrogens (tertiary/aromatic N) is 4. The highest BCUT2D eigenvalue weighted by Crippen LogP contribution is 2.34. The second-order valence-corrected chi connectivity index (χ2v) is 9.63. The molecule has 6 nitrogen and oxygen atoms in total. The van der Waals surface area contributed by atoms with Crippen LogP contribution in [0.1, 0.15) is 47.0 Å². The van der Waals surface area contributed by atoms with Crippen molar-refractivity contribution in [2.45, 2.75) is 45.6 Å². The van der Waals surface area contributed by atoms with Gasteiger partial charge in [0.05, 0.1) is 5.39 Å². The van der Waals surface area contributed by atoms with Gasteiger partial charge in [-0.25, -0.2) is 9.37 Å². The molecule has 0 bridgehead atoms. The molecular weight excluding hydrogens is 427 g/mol. The molecule has 1 amide bonds. The molecule has 0 atom stereocenters. The summed E-state index contributed by atoms with van der Waals surface area (Å²) in [5.41, 5.74) is 1.66. The van der Waals surface area contributed by atoms with Crippen LogP contribution in [-0.2, 0) is 19.4 Å². The van der Waals surface area contributed by atoms with Crippen molar-refractivity contribution in [3.8, 4) is 0 Å². The zero-order valence-electron chi connectivity index (χ0n) is 18.3. The maximum absolute atomic E-state index is 13.5. The number of hydrogen-bond acceptors (Lipinski definition) is 5. The Hall–Kier alpha value is -2.74. The summed E-state index contributed by atoms with van der Waals surface area (Å²) in [6.07, 6.45) is 5.18. The number of aromatic nitrogens is 2. The number of benzene rings is 1. The molecule has 32 heavy (non-hydrogen) atoms.